The molecule has 0 aliphatic rings. The van der Waals surface area contributed by atoms with E-state index in [4.69, 9.17) is 11.8 Å². The summed E-state index contributed by atoms with van der Waals surface area (Å²) in [5.74, 6) is 0. The van der Waals surface area contributed by atoms with Crippen molar-refractivity contribution in [1.29, 1.82) is 0 Å². The molecule has 0 saturated heterocycles. The van der Waals surface area contributed by atoms with E-state index in [9.17, 15) is 0 Å². The fourth-order valence-electron chi connectivity index (χ4n) is 3.00. The molecule has 1 atom stereocenters. The molecule has 0 radical (unpaired) electrons. The average molecular weight is 351 g/mol. The maximum atomic E-state index is 6.38. The van der Waals surface area contributed by atoms with Gasteiger partial charge in [-0.25, -0.2) is 0 Å². The quantitative estimate of drug-likeness (QED) is 0.624. The summed E-state index contributed by atoms with van der Waals surface area (Å²) in [5, 5.41) is 2.53. The van der Waals surface area contributed by atoms with Gasteiger partial charge in [-0.15, -0.1) is 0 Å². The lowest BCUT2D eigenvalue weighted by atomic mass is 10.2. The third-order valence-electron chi connectivity index (χ3n) is 4.28. The number of benzene rings is 3. The lowest BCUT2D eigenvalue weighted by Crippen LogP contribution is -2.30. The van der Waals surface area contributed by atoms with Crippen molar-refractivity contribution in [2.24, 2.45) is 0 Å². The minimum Gasteiger partial charge on any atom is -0.267 e. The van der Waals surface area contributed by atoms with Gasteiger partial charge in [0.2, 0.25) is 0 Å². The molecule has 0 fully saturated rings. The van der Waals surface area contributed by atoms with Crippen LogP contribution < -0.4 is 10.6 Å². The second kappa shape index (κ2) is 7.44. The molecule has 24 heavy (non-hydrogen) atoms. The average Bonchev–Trinajstić information content (AvgIpc) is 2.63. The van der Waals surface area contributed by atoms with Crippen molar-refractivity contribution in [1.82, 2.24) is 4.67 Å². The fourth-order valence-corrected chi connectivity index (χ4v) is 6.97. The van der Waals surface area contributed by atoms with Crippen molar-refractivity contribution in [3.63, 3.8) is 0 Å². The van der Waals surface area contributed by atoms with Gasteiger partial charge in [0.05, 0.1) is 6.19 Å². The SMILES string of the molecule is Cc1ccccc1P(=S)(c1ccccc1)N(C)Cc1ccccc1. The molecule has 0 amide bonds. The summed E-state index contributed by atoms with van der Waals surface area (Å²) < 4.78 is 2.37. The highest BCUT2D eigenvalue weighted by atomic mass is 32.4. The Bertz CT molecular complexity index is 846. The van der Waals surface area contributed by atoms with Crippen LogP contribution in [0.15, 0.2) is 84.9 Å². The summed E-state index contributed by atoms with van der Waals surface area (Å²) in [6.07, 6.45) is -2.05. The van der Waals surface area contributed by atoms with Crippen LogP contribution in [0.4, 0.5) is 0 Å². The van der Waals surface area contributed by atoms with Gasteiger partial charge in [0.25, 0.3) is 0 Å². The van der Waals surface area contributed by atoms with Gasteiger partial charge in [-0.3, -0.25) is 4.67 Å². The summed E-state index contributed by atoms with van der Waals surface area (Å²) in [6.45, 7) is 3.01. The fraction of sp³-hybridized carbons (Fsp3) is 0.143. The molecule has 0 bridgehead atoms. The van der Waals surface area contributed by atoms with E-state index in [-0.39, 0.29) is 0 Å². The zero-order valence-corrected chi connectivity index (χ0v) is 15.8. The maximum Gasteiger partial charge on any atom is 0.0713 e. The van der Waals surface area contributed by atoms with E-state index in [0.29, 0.717) is 0 Å². The lowest BCUT2D eigenvalue weighted by molar-refractivity contribution is 0.552. The Morgan fingerprint density at radius 2 is 1.33 bits per heavy atom. The number of nitrogens with zero attached hydrogens (tertiary/aromatic N) is 1. The first-order valence-corrected chi connectivity index (χ1v) is 10.9. The largest absolute Gasteiger partial charge is 0.267 e. The Morgan fingerprint density at radius 1 is 0.792 bits per heavy atom. The molecule has 0 spiro atoms. The molecule has 0 aliphatic heterocycles. The zero-order valence-electron chi connectivity index (χ0n) is 14.1. The molecule has 3 aromatic rings. The highest BCUT2D eigenvalue weighted by Crippen LogP contribution is 2.48. The van der Waals surface area contributed by atoms with E-state index in [1.165, 1.54) is 21.7 Å². The van der Waals surface area contributed by atoms with Gasteiger partial charge in [-0.2, -0.15) is 0 Å². The highest BCUT2D eigenvalue weighted by molar-refractivity contribution is 8.20. The Morgan fingerprint density at radius 3 is 1.96 bits per heavy atom. The van der Waals surface area contributed by atoms with Crippen LogP contribution >= 0.6 is 6.19 Å². The molecule has 3 aromatic carbocycles. The number of aryl methyl sites for hydroxylation is 1. The van der Waals surface area contributed by atoms with E-state index in [1.807, 2.05) is 0 Å². The molecule has 122 valence electrons. The van der Waals surface area contributed by atoms with Gasteiger partial charge in [-0.05, 0) is 25.1 Å². The standard InChI is InChI=1S/C21H22NPS/c1-18-11-9-10-16-21(18)23(24,20-14-7-4-8-15-20)22(2)17-19-12-5-3-6-13-19/h3-16H,17H2,1-2H3. The third kappa shape index (κ3) is 3.37. The van der Waals surface area contributed by atoms with Gasteiger partial charge in [0.1, 0.15) is 0 Å². The topological polar surface area (TPSA) is 3.24 Å². The van der Waals surface area contributed by atoms with Crippen molar-refractivity contribution < 1.29 is 0 Å². The number of hydrogen-bond donors (Lipinski definition) is 0. The number of rotatable bonds is 5. The molecule has 0 heterocycles. The van der Waals surface area contributed by atoms with Gasteiger partial charge in [0, 0.05) is 17.2 Å². The van der Waals surface area contributed by atoms with Gasteiger partial charge < -0.3 is 0 Å². The smallest absolute Gasteiger partial charge is 0.0713 e. The summed E-state index contributed by atoms with van der Waals surface area (Å²) in [7, 11) is 2.16. The molecule has 0 aromatic heterocycles. The minimum atomic E-state index is -2.05. The zero-order chi connectivity index (χ0) is 17.0. The minimum absolute atomic E-state index is 0.849. The van der Waals surface area contributed by atoms with E-state index in [2.05, 4.69) is 104 Å². The summed E-state index contributed by atoms with van der Waals surface area (Å²) >= 11 is 6.38. The third-order valence-corrected chi connectivity index (χ3v) is 9.60. The molecule has 0 aliphatic carbocycles. The second-order valence-corrected chi connectivity index (χ2v) is 10.4. The van der Waals surface area contributed by atoms with E-state index >= 15 is 0 Å². The van der Waals surface area contributed by atoms with Crippen molar-refractivity contribution in [2.75, 3.05) is 7.05 Å². The molecule has 3 heteroatoms. The Hall–Kier alpha value is -1.73. The van der Waals surface area contributed by atoms with E-state index < -0.39 is 6.19 Å². The van der Waals surface area contributed by atoms with Crippen molar-refractivity contribution in [3.05, 3.63) is 96.1 Å². The first kappa shape index (κ1) is 17.1. The van der Waals surface area contributed by atoms with Crippen LogP contribution in [-0.2, 0) is 18.4 Å². The number of hydrogen-bond acceptors (Lipinski definition) is 1. The summed E-state index contributed by atoms with van der Waals surface area (Å²) in [4.78, 5) is 0. The van der Waals surface area contributed by atoms with Crippen LogP contribution in [0.25, 0.3) is 0 Å². The van der Waals surface area contributed by atoms with Crippen LogP contribution in [-0.4, -0.2) is 11.7 Å². The summed E-state index contributed by atoms with van der Waals surface area (Å²) in [6, 6.07) is 29.7. The maximum absolute atomic E-state index is 6.38. The molecular formula is C21H22NPS. The lowest BCUT2D eigenvalue weighted by Gasteiger charge is -2.34. The monoisotopic (exact) mass is 351 g/mol. The molecule has 1 unspecified atom stereocenters. The Kier molecular flexibility index (Phi) is 5.30. The Balaban J connectivity index is 2.09. The van der Waals surface area contributed by atoms with Crippen LogP contribution in [0, 0.1) is 6.92 Å². The first-order chi connectivity index (χ1) is 11.6. The molecule has 0 saturated carbocycles. The van der Waals surface area contributed by atoms with Gasteiger partial charge >= 0.3 is 0 Å². The van der Waals surface area contributed by atoms with Gasteiger partial charge in [-0.1, -0.05) is 96.7 Å². The van der Waals surface area contributed by atoms with E-state index in [1.54, 1.807) is 0 Å². The molecule has 3 rings (SSSR count). The molecule has 1 nitrogen and oxygen atoms in total. The first-order valence-electron chi connectivity index (χ1n) is 8.10. The molecule has 0 N–H and O–H groups in total. The normalized spacial score (nSPS) is 13.6. The summed E-state index contributed by atoms with van der Waals surface area (Å²) in [5.41, 5.74) is 2.56. The highest BCUT2D eigenvalue weighted by Gasteiger charge is 2.28. The van der Waals surface area contributed by atoms with Crippen molar-refractivity contribution in [2.45, 2.75) is 13.5 Å². The van der Waals surface area contributed by atoms with Crippen molar-refractivity contribution >= 4 is 28.6 Å². The van der Waals surface area contributed by atoms with Crippen LogP contribution in [0.5, 0.6) is 0 Å². The van der Waals surface area contributed by atoms with Crippen LogP contribution in [0.3, 0.4) is 0 Å². The van der Waals surface area contributed by atoms with Crippen LogP contribution in [0.2, 0.25) is 0 Å². The van der Waals surface area contributed by atoms with Gasteiger partial charge in [0.15, 0.2) is 0 Å². The predicted molar refractivity (Wildman–Crippen MR) is 109 cm³/mol. The van der Waals surface area contributed by atoms with Crippen molar-refractivity contribution in [3.8, 4) is 0 Å². The predicted octanol–water partition coefficient (Wildman–Crippen LogP) is 4.47. The van der Waals surface area contributed by atoms with Crippen LogP contribution in [0.1, 0.15) is 11.1 Å². The molecular weight excluding hydrogens is 329 g/mol. The Labute approximate surface area is 150 Å². The second-order valence-electron chi connectivity index (χ2n) is 6.00. The van der Waals surface area contributed by atoms with E-state index in [0.717, 1.165) is 6.54 Å².